The number of hydrogen-bond acceptors (Lipinski definition) is 2. The van der Waals surface area contributed by atoms with Gasteiger partial charge < -0.3 is 4.40 Å². The number of pyridine rings is 2. The fourth-order valence-corrected chi connectivity index (χ4v) is 3.13. The van der Waals surface area contributed by atoms with Crippen LogP contribution in [-0.4, -0.2) is 14.4 Å². The van der Waals surface area contributed by atoms with Crippen LogP contribution in [0.1, 0.15) is 119 Å². The molecule has 0 bridgehead atoms. The highest BCUT2D eigenvalue weighted by molar-refractivity contribution is 5.85. The number of benzene rings is 1. The summed E-state index contributed by atoms with van der Waals surface area (Å²) in [6, 6.07) is 14.5. The number of nitrogens with zero attached hydrogens (tertiary/aromatic N) is 3. The van der Waals surface area contributed by atoms with Crippen LogP contribution in [0.5, 0.6) is 0 Å². The Morgan fingerprint density at radius 3 is 1.89 bits per heavy atom. The summed E-state index contributed by atoms with van der Waals surface area (Å²) in [6.45, 7) is 25.1. The number of hydrogen-bond donors (Lipinski definition) is 0. The third kappa shape index (κ3) is 11.5. The summed E-state index contributed by atoms with van der Waals surface area (Å²) >= 11 is 0. The van der Waals surface area contributed by atoms with E-state index in [1.807, 2.05) is 78.3 Å². The fraction of sp³-hybridized carbons (Fsp3) is 0.500. The Morgan fingerprint density at radius 1 is 0.743 bits per heavy atom. The first-order valence-corrected chi connectivity index (χ1v) is 13.8. The molecule has 1 aromatic carbocycles. The average molecular weight is 480 g/mol. The maximum atomic E-state index is 4.30. The molecule has 0 aliphatic heterocycles. The Balaban J connectivity index is 0. The van der Waals surface area contributed by atoms with Crippen LogP contribution in [0.15, 0.2) is 67.3 Å². The number of aromatic nitrogens is 3. The third-order valence-corrected chi connectivity index (χ3v) is 4.88. The van der Waals surface area contributed by atoms with E-state index in [4.69, 9.17) is 0 Å². The first-order valence-electron chi connectivity index (χ1n) is 13.8. The molecule has 0 fully saturated rings. The van der Waals surface area contributed by atoms with Crippen molar-refractivity contribution < 1.29 is 0 Å². The minimum Gasteiger partial charge on any atom is -0.304 e. The summed E-state index contributed by atoms with van der Waals surface area (Å²) in [7, 11) is 0. The first-order chi connectivity index (χ1) is 17.0. The molecule has 35 heavy (non-hydrogen) atoms. The lowest BCUT2D eigenvalue weighted by Crippen LogP contribution is -1.93. The largest absolute Gasteiger partial charge is 0.304 e. The van der Waals surface area contributed by atoms with Crippen molar-refractivity contribution in [2.45, 2.75) is 108 Å². The van der Waals surface area contributed by atoms with Crippen LogP contribution in [0.4, 0.5) is 0 Å². The van der Waals surface area contributed by atoms with E-state index in [0.29, 0.717) is 11.8 Å². The molecule has 4 aromatic rings. The minimum absolute atomic E-state index is 0.530. The van der Waals surface area contributed by atoms with Gasteiger partial charge in [0, 0.05) is 35.9 Å². The van der Waals surface area contributed by atoms with Crippen LogP contribution in [-0.2, 0) is 0 Å². The van der Waals surface area contributed by atoms with E-state index in [1.54, 1.807) is 0 Å². The molecule has 3 heteroatoms. The molecule has 3 nitrogen and oxygen atoms in total. The van der Waals surface area contributed by atoms with Crippen LogP contribution in [0.3, 0.4) is 0 Å². The lowest BCUT2D eigenvalue weighted by atomic mass is 9.95. The predicted molar refractivity (Wildman–Crippen MR) is 160 cm³/mol. The second-order valence-corrected chi connectivity index (χ2v) is 7.73. The van der Waals surface area contributed by atoms with Gasteiger partial charge in [0.1, 0.15) is 5.65 Å². The van der Waals surface area contributed by atoms with Crippen molar-refractivity contribution >= 4 is 16.4 Å². The van der Waals surface area contributed by atoms with Gasteiger partial charge in [-0.05, 0) is 41.3 Å². The fourth-order valence-electron chi connectivity index (χ4n) is 3.13. The SMILES string of the molecule is CC.CC.CC.CC(C)c1cnc2ccccn12.CCC.CCC(C)c1cncc2ccccc12. The molecule has 0 aliphatic rings. The van der Waals surface area contributed by atoms with E-state index in [2.05, 4.69) is 86.4 Å². The number of fused-ring (bicyclic) bond motifs is 2. The predicted octanol–water partition coefficient (Wildman–Crippen LogP) is 10.7. The van der Waals surface area contributed by atoms with E-state index in [9.17, 15) is 0 Å². The second-order valence-electron chi connectivity index (χ2n) is 7.73. The maximum Gasteiger partial charge on any atom is 0.136 e. The molecule has 0 spiro atoms. The smallest absolute Gasteiger partial charge is 0.136 e. The van der Waals surface area contributed by atoms with Crippen LogP contribution in [0.2, 0.25) is 0 Å². The van der Waals surface area contributed by atoms with E-state index >= 15 is 0 Å². The molecule has 1 atom stereocenters. The molecule has 4 rings (SSSR count). The molecule has 0 saturated carbocycles. The zero-order valence-corrected chi connectivity index (χ0v) is 24.8. The van der Waals surface area contributed by atoms with Gasteiger partial charge in [-0.1, -0.05) is 120 Å². The van der Waals surface area contributed by atoms with Crippen molar-refractivity contribution in [3.63, 3.8) is 0 Å². The van der Waals surface area contributed by atoms with Crippen molar-refractivity contribution in [1.29, 1.82) is 0 Å². The molecule has 1 unspecified atom stereocenters. The molecule has 0 radical (unpaired) electrons. The molecule has 3 aromatic heterocycles. The van der Waals surface area contributed by atoms with Gasteiger partial charge in [-0.3, -0.25) is 4.98 Å². The second kappa shape index (κ2) is 21.8. The summed E-state index contributed by atoms with van der Waals surface area (Å²) in [4.78, 5) is 8.58. The Kier molecular flexibility index (Phi) is 21.5. The highest BCUT2D eigenvalue weighted by Gasteiger charge is 2.07. The summed E-state index contributed by atoms with van der Waals surface area (Å²) in [5.41, 5.74) is 3.66. The van der Waals surface area contributed by atoms with Crippen LogP contribution in [0, 0.1) is 0 Å². The van der Waals surface area contributed by atoms with Gasteiger partial charge in [-0.15, -0.1) is 0 Å². The Morgan fingerprint density at radius 2 is 1.31 bits per heavy atom. The topological polar surface area (TPSA) is 30.2 Å². The van der Waals surface area contributed by atoms with Gasteiger partial charge in [0.15, 0.2) is 0 Å². The number of rotatable bonds is 3. The van der Waals surface area contributed by atoms with Crippen molar-refractivity contribution in [2.75, 3.05) is 0 Å². The lowest BCUT2D eigenvalue weighted by Gasteiger charge is -2.11. The van der Waals surface area contributed by atoms with Gasteiger partial charge in [-0.25, -0.2) is 4.98 Å². The third-order valence-electron chi connectivity index (χ3n) is 4.88. The molecule has 196 valence electrons. The Bertz CT molecular complexity index is 996. The summed E-state index contributed by atoms with van der Waals surface area (Å²) in [5, 5.41) is 2.59. The lowest BCUT2D eigenvalue weighted by molar-refractivity contribution is 0.736. The standard InChI is InChI=1S/C13H15N.C10H12N2.C3H8.3C2H6/c1-3-10(2)13-9-14-8-11-6-4-5-7-12(11)13;1-8(2)9-7-11-10-5-3-4-6-12(9)10;1-3-2;3*1-2/h4-10H,3H2,1-2H3;3-8H,1-2H3;3H2,1-2H3;3*1-2H3. The van der Waals surface area contributed by atoms with Gasteiger partial charge in [0.05, 0.1) is 0 Å². The van der Waals surface area contributed by atoms with Crippen molar-refractivity contribution in [3.8, 4) is 0 Å². The van der Waals surface area contributed by atoms with Gasteiger partial charge in [0.2, 0.25) is 0 Å². The zero-order valence-electron chi connectivity index (χ0n) is 24.8. The van der Waals surface area contributed by atoms with Crippen LogP contribution >= 0.6 is 0 Å². The summed E-state index contributed by atoms with van der Waals surface area (Å²) in [6.07, 6.45) is 10.3. The molecular formula is C32H53N3. The van der Waals surface area contributed by atoms with E-state index in [1.165, 1.54) is 28.5 Å². The van der Waals surface area contributed by atoms with Crippen molar-refractivity contribution in [3.05, 3.63) is 78.5 Å². The maximum absolute atomic E-state index is 4.30. The molecule has 0 N–H and O–H groups in total. The monoisotopic (exact) mass is 479 g/mol. The first kappa shape index (κ1) is 34.5. The molecule has 3 heterocycles. The van der Waals surface area contributed by atoms with E-state index in [-0.39, 0.29) is 0 Å². The highest BCUT2D eigenvalue weighted by atomic mass is 15.0. The molecule has 0 saturated heterocycles. The van der Waals surface area contributed by atoms with Gasteiger partial charge >= 0.3 is 0 Å². The molecular weight excluding hydrogens is 426 g/mol. The molecule has 0 aliphatic carbocycles. The van der Waals surface area contributed by atoms with Gasteiger partial charge in [0.25, 0.3) is 0 Å². The summed E-state index contributed by atoms with van der Waals surface area (Å²) in [5.74, 6) is 1.12. The minimum atomic E-state index is 0.530. The Hall–Kier alpha value is -2.68. The van der Waals surface area contributed by atoms with E-state index in [0.717, 1.165) is 12.1 Å². The van der Waals surface area contributed by atoms with Gasteiger partial charge in [-0.2, -0.15) is 0 Å². The molecule has 0 amide bonds. The van der Waals surface area contributed by atoms with Crippen LogP contribution in [0.25, 0.3) is 16.4 Å². The zero-order chi connectivity index (χ0) is 27.2. The highest BCUT2D eigenvalue weighted by Crippen LogP contribution is 2.26. The Labute approximate surface area is 217 Å². The summed E-state index contributed by atoms with van der Waals surface area (Å²) < 4.78 is 2.13. The van der Waals surface area contributed by atoms with E-state index < -0.39 is 0 Å². The normalized spacial score (nSPS) is 10.1. The average Bonchev–Trinajstić information content (AvgIpc) is 3.37. The quantitative estimate of drug-likeness (QED) is 0.292. The number of imidazole rings is 1. The van der Waals surface area contributed by atoms with Crippen molar-refractivity contribution in [2.24, 2.45) is 0 Å². The van der Waals surface area contributed by atoms with Crippen LogP contribution < -0.4 is 0 Å². The van der Waals surface area contributed by atoms with Crippen molar-refractivity contribution in [1.82, 2.24) is 14.4 Å².